The number of carbonyl (C=O) groups is 3. The molecular weight excluding hydrogens is 378 g/mol. The molecule has 150 valence electrons. The van der Waals surface area contributed by atoms with E-state index in [1.54, 1.807) is 26.1 Å². The van der Waals surface area contributed by atoms with Gasteiger partial charge < -0.3 is 21.1 Å². The van der Waals surface area contributed by atoms with Gasteiger partial charge in [-0.2, -0.15) is 4.68 Å². The van der Waals surface area contributed by atoms with E-state index in [9.17, 15) is 14.4 Å². The van der Waals surface area contributed by atoms with Crippen LogP contribution in [0.2, 0.25) is 0 Å². The summed E-state index contributed by atoms with van der Waals surface area (Å²) in [5.74, 6) is -1.63. The number of hydrogen-bond acceptors (Lipinski definition) is 9. The van der Waals surface area contributed by atoms with E-state index in [4.69, 9.17) is 10.5 Å². The predicted octanol–water partition coefficient (Wildman–Crippen LogP) is 0.697. The first-order chi connectivity index (χ1) is 14.0. The Bertz CT molecular complexity index is 1080. The van der Waals surface area contributed by atoms with Gasteiger partial charge in [0.05, 0.1) is 24.1 Å². The number of hydrogen-bond donors (Lipinski definition) is 3. The summed E-state index contributed by atoms with van der Waals surface area (Å²) < 4.78 is 6.01. The summed E-state index contributed by atoms with van der Waals surface area (Å²) in [6, 6.07) is 4.59. The van der Waals surface area contributed by atoms with Crippen LogP contribution in [-0.2, 0) is 4.74 Å². The summed E-state index contributed by atoms with van der Waals surface area (Å²) in [7, 11) is 1.61. The molecule has 0 aromatic carbocycles. The van der Waals surface area contributed by atoms with Crippen molar-refractivity contribution in [3.63, 3.8) is 0 Å². The van der Waals surface area contributed by atoms with Gasteiger partial charge in [0.25, 0.3) is 11.8 Å². The fourth-order valence-corrected chi connectivity index (χ4v) is 2.60. The van der Waals surface area contributed by atoms with Crippen LogP contribution in [-0.4, -0.2) is 57.7 Å². The molecule has 4 N–H and O–H groups in total. The van der Waals surface area contributed by atoms with Crippen LogP contribution in [0.5, 0.6) is 0 Å². The zero-order chi connectivity index (χ0) is 21.0. The van der Waals surface area contributed by atoms with Crippen LogP contribution < -0.4 is 16.4 Å². The first kappa shape index (κ1) is 19.9. The molecule has 1 amide bonds. The van der Waals surface area contributed by atoms with Crippen LogP contribution in [0, 0.1) is 0 Å². The number of amides is 1. The van der Waals surface area contributed by atoms with E-state index < -0.39 is 17.8 Å². The molecule has 3 aromatic heterocycles. The first-order valence-corrected chi connectivity index (χ1v) is 8.71. The van der Waals surface area contributed by atoms with Gasteiger partial charge in [-0.25, -0.2) is 9.78 Å². The number of nitrogens with two attached hydrogens (primary N) is 1. The van der Waals surface area contributed by atoms with Crippen molar-refractivity contribution in [2.45, 2.75) is 6.92 Å². The third kappa shape index (κ3) is 4.04. The van der Waals surface area contributed by atoms with Crippen molar-refractivity contribution in [2.75, 3.05) is 31.2 Å². The number of aromatic nitrogens is 4. The van der Waals surface area contributed by atoms with Crippen molar-refractivity contribution in [1.82, 2.24) is 25.1 Å². The van der Waals surface area contributed by atoms with Gasteiger partial charge in [-0.15, -0.1) is 5.10 Å². The Morgan fingerprint density at radius 3 is 2.76 bits per heavy atom. The molecule has 0 bridgehead atoms. The molecule has 0 aliphatic rings. The molecule has 0 radical (unpaired) electrons. The molecular formula is C18H19N7O4. The van der Waals surface area contributed by atoms with Gasteiger partial charge in [-0.1, -0.05) is 0 Å². The van der Waals surface area contributed by atoms with Crippen molar-refractivity contribution in [2.24, 2.45) is 0 Å². The number of rotatable bonds is 6. The normalized spacial score (nSPS) is 10.7. The molecule has 3 aromatic rings. The van der Waals surface area contributed by atoms with Crippen molar-refractivity contribution >= 4 is 40.5 Å². The Balaban J connectivity index is 2.11. The van der Waals surface area contributed by atoms with E-state index in [2.05, 4.69) is 25.7 Å². The van der Waals surface area contributed by atoms with Gasteiger partial charge in [-0.05, 0) is 32.2 Å². The van der Waals surface area contributed by atoms with E-state index >= 15 is 0 Å². The topological polar surface area (TPSA) is 154 Å². The molecule has 0 atom stereocenters. The van der Waals surface area contributed by atoms with Gasteiger partial charge in [-0.3, -0.25) is 14.6 Å². The highest BCUT2D eigenvalue weighted by atomic mass is 16.5. The molecule has 0 saturated carbocycles. The van der Waals surface area contributed by atoms with Crippen molar-refractivity contribution in [3.05, 3.63) is 41.7 Å². The maximum absolute atomic E-state index is 12.5. The predicted molar refractivity (Wildman–Crippen MR) is 105 cm³/mol. The SMILES string of the molecule is CCOC(=O)c1cc2c(NC(=O)c3cccnc3)nn(C(=O)CNC)c2nc1N. The van der Waals surface area contributed by atoms with Gasteiger partial charge in [0.1, 0.15) is 11.4 Å². The van der Waals surface area contributed by atoms with Crippen LogP contribution in [0.1, 0.15) is 32.4 Å². The first-order valence-electron chi connectivity index (χ1n) is 8.71. The molecule has 11 nitrogen and oxygen atoms in total. The second kappa shape index (κ2) is 8.44. The summed E-state index contributed by atoms with van der Waals surface area (Å²) in [5, 5.41) is 9.78. The Morgan fingerprint density at radius 2 is 2.10 bits per heavy atom. The minimum atomic E-state index is -0.668. The smallest absolute Gasteiger partial charge is 0.341 e. The Kier molecular flexibility index (Phi) is 5.79. The number of likely N-dealkylation sites (N-methyl/N-ethyl adjacent to an activating group) is 1. The Morgan fingerprint density at radius 1 is 1.31 bits per heavy atom. The number of pyridine rings is 2. The molecule has 0 aliphatic carbocycles. The molecule has 0 aliphatic heterocycles. The van der Waals surface area contributed by atoms with Crippen molar-refractivity contribution in [3.8, 4) is 0 Å². The highest BCUT2D eigenvalue weighted by molar-refractivity contribution is 6.10. The van der Waals surface area contributed by atoms with E-state index in [1.165, 1.54) is 18.5 Å². The molecule has 0 fully saturated rings. The average Bonchev–Trinajstić information content (AvgIpc) is 3.05. The lowest BCUT2D eigenvalue weighted by Crippen LogP contribution is -2.25. The van der Waals surface area contributed by atoms with Gasteiger partial charge in [0, 0.05) is 12.4 Å². The van der Waals surface area contributed by atoms with Crippen LogP contribution in [0.4, 0.5) is 11.6 Å². The summed E-state index contributed by atoms with van der Waals surface area (Å²) in [4.78, 5) is 45.1. The van der Waals surface area contributed by atoms with Crippen LogP contribution >= 0.6 is 0 Å². The maximum Gasteiger partial charge on any atom is 0.341 e. The molecule has 3 rings (SSSR count). The minimum absolute atomic E-state index is 0.0110. The second-order valence-electron chi connectivity index (χ2n) is 5.89. The number of fused-ring (bicyclic) bond motifs is 1. The number of nitrogens with one attached hydrogen (secondary N) is 2. The Labute approximate surface area is 165 Å². The second-order valence-corrected chi connectivity index (χ2v) is 5.89. The number of ether oxygens (including phenoxy) is 1. The maximum atomic E-state index is 12.5. The highest BCUT2D eigenvalue weighted by Crippen LogP contribution is 2.26. The molecule has 29 heavy (non-hydrogen) atoms. The molecule has 0 unspecified atom stereocenters. The molecule has 0 saturated heterocycles. The lowest BCUT2D eigenvalue weighted by Gasteiger charge is -2.06. The summed E-state index contributed by atoms with van der Waals surface area (Å²) in [6.07, 6.45) is 2.93. The Hall–Kier alpha value is -3.86. The fourth-order valence-electron chi connectivity index (χ4n) is 2.60. The largest absolute Gasteiger partial charge is 0.462 e. The summed E-state index contributed by atoms with van der Waals surface area (Å²) >= 11 is 0. The van der Waals surface area contributed by atoms with E-state index in [-0.39, 0.29) is 41.4 Å². The van der Waals surface area contributed by atoms with Gasteiger partial charge in [0.15, 0.2) is 11.5 Å². The lowest BCUT2D eigenvalue weighted by molar-refractivity contribution is 0.0527. The van der Waals surface area contributed by atoms with Gasteiger partial charge >= 0.3 is 5.97 Å². The van der Waals surface area contributed by atoms with Crippen LogP contribution in [0.25, 0.3) is 11.0 Å². The summed E-state index contributed by atoms with van der Waals surface area (Å²) in [5.41, 5.74) is 6.30. The van der Waals surface area contributed by atoms with E-state index in [1.807, 2.05) is 0 Å². The van der Waals surface area contributed by atoms with E-state index in [0.29, 0.717) is 5.56 Å². The number of esters is 1. The zero-order valence-corrected chi connectivity index (χ0v) is 15.8. The quantitative estimate of drug-likeness (QED) is 0.510. The number of anilines is 2. The van der Waals surface area contributed by atoms with Crippen LogP contribution in [0.15, 0.2) is 30.6 Å². The monoisotopic (exact) mass is 397 g/mol. The van der Waals surface area contributed by atoms with Crippen molar-refractivity contribution < 1.29 is 19.1 Å². The summed E-state index contributed by atoms with van der Waals surface area (Å²) in [6.45, 7) is 1.79. The highest BCUT2D eigenvalue weighted by Gasteiger charge is 2.23. The fraction of sp³-hybridized carbons (Fsp3) is 0.222. The third-order valence-electron chi connectivity index (χ3n) is 3.90. The van der Waals surface area contributed by atoms with Crippen molar-refractivity contribution in [1.29, 1.82) is 0 Å². The number of carbonyl (C=O) groups excluding carboxylic acids is 3. The third-order valence-corrected chi connectivity index (χ3v) is 3.90. The molecule has 3 heterocycles. The zero-order valence-electron chi connectivity index (χ0n) is 15.8. The van der Waals surface area contributed by atoms with E-state index in [0.717, 1.165) is 4.68 Å². The average molecular weight is 397 g/mol. The molecule has 0 spiro atoms. The number of nitrogen functional groups attached to an aromatic ring is 1. The minimum Gasteiger partial charge on any atom is -0.462 e. The standard InChI is InChI=1S/C18H19N7O4/c1-3-29-18(28)11-7-12-15(23-17(27)10-5-4-6-21-8-10)24-25(13(26)9-20-2)16(12)22-14(11)19/h4-8,20H,3,9H2,1-2H3,(H2,19,22)(H,23,24,27). The number of nitrogens with zero attached hydrogens (tertiary/aromatic N) is 4. The molecule has 11 heteroatoms. The van der Waals surface area contributed by atoms with Crippen LogP contribution in [0.3, 0.4) is 0 Å². The lowest BCUT2D eigenvalue weighted by atomic mass is 10.2. The van der Waals surface area contributed by atoms with Gasteiger partial charge in [0.2, 0.25) is 0 Å².